The molecule has 0 radical (unpaired) electrons. The minimum absolute atomic E-state index is 0.0176. The Bertz CT molecular complexity index is 971. The maximum absolute atomic E-state index is 13.3. The van der Waals surface area contributed by atoms with E-state index in [0.717, 1.165) is 32.8 Å². The molecule has 124 valence electrons. The maximum atomic E-state index is 13.3. The molecule has 1 N–H and O–H groups in total. The molecule has 0 spiro atoms. The fourth-order valence-corrected chi connectivity index (χ4v) is 3.55. The molecule has 0 unspecified atom stereocenters. The van der Waals surface area contributed by atoms with Gasteiger partial charge in [-0.05, 0) is 48.9 Å². The normalized spacial score (nSPS) is 12.6. The highest BCUT2D eigenvalue weighted by molar-refractivity contribution is 9.10. The van der Waals surface area contributed by atoms with Crippen molar-refractivity contribution in [1.82, 2.24) is 4.98 Å². The van der Waals surface area contributed by atoms with E-state index in [1.165, 1.54) is 0 Å². The van der Waals surface area contributed by atoms with Crippen LogP contribution in [-0.4, -0.2) is 10.9 Å². The molecule has 3 aromatic rings. The number of carbonyl (C=O) groups excluding carboxylic acids is 1. The maximum Gasteiger partial charge on any atom is 0.258 e. The van der Waals surface area contributed by atoms with Crippen LogP contribution in [0.4, 0.5) is 17.2 Å². The van der Waals surface area contributed by atoms with Crippen LogP contribution in [-0.2, 0) is 6.54 Å². The zero-order chi connectivity index (χ0) is 17.4. The smallest absolute Gasteiger partial charge is 0.258 e. The van der Waals surface area contributed by atoms with Gasteiger partial charge in [0.1, 0.15) is 5.82 Å². The summed E-state index contributed by atoms with van der Waals surface area (Å²) >= 11 is 3.46. The standard InChI is InChI=1S/C20H16BrN3O/c1-13-11-15(21)8-9-16(13)20(25)24-12-14-5-4-10-22-19(14)23-17-6-2-3-7-18(17)24/h2-11H,12H2,1H3,(H,22,23). The fraction of sp³-hybridized carbons (Fsp3) is 0.100. The van der Waals surface area contributed by atoms with E-state index in [-0.39, 0.29) is 5.91 Å². The number of rotatable bonds is 1. The highest BCUT2D eigenvalue weighted by atomic mass is 79.9. The Labute approximate surface area is 154 Å². The number of amides is 1. The van der Waals surface area contributed by atoms with Crippen molar-refractivity contribution in [3.8, 4) is 0 Å². The van der Waals surface area contributed by atoms with Crippen molar-refractivity contribution < 1.29 is 4.79 Å². The Morgan fingerprint density at radius 2 is 2.00 bits per heavy atom. The molecule has 4 nitrogen and oxygen atoms in total. The van der Waals surface area contributed by atoms with E-state index in [1.54, 1.807) is 6.20 Å². The molecule has 0 bridgehead atoms. The third-order valence-corrected chi connectivity index (χ3v) is 4.82. The van der Waals surface area contributed by atoms with Gasteiger partial charge in [-0.15, -0.1) is 0 Å². The number of carbonyl (C=O) groups is 1. The van der Waals surface area contributed by atoms with Gasteiger partial charge in [0.15, 0.2) is 0 Å². The number of anilines is 3. The molecule has 5 heteroatoms. The first-order valence-electron chi connectivity index (χ1n) is 8.01. The average Bonchev–Trinajstić information content (AvgIpc) is 2.78. The number of aromatic nitrogens is 1. The van der Waals surface area contributed by atoms with Crippen LogP contribution in [0.3, 0.4) is 0 Å². The first kappa shape index (κ1) is 15.8. The third-order valence-electron chi connectivity index (χ3n) is 4.33. The molecule has 1 aliphatic heterocycles. The van der Waals surface area contributed by atoms with E-state index in [4.69, 9.17) is 0 Å². The van der Waals surface area contributed by atoms with Crippen molar-refractivity contribution >= 4 is 39.0 Å². The van der Waals surface area contributed by atoms with Gasteiger partial charge in [-0.1, -0.05) is 34.1 Å². The molecule has 4 rings (SSSR count). The van der Waals surface area contributed by atoms with Gasteiger partial charge in [0, 0.05) is 21.8 Å². The lowest BCUT2D eigenvalue weighted by Gasteiger charge is -2.23. The van der Waals surface area contributed by atoms with Crippen LogP contribution in [0.1, 0.15) is 21.5 Å². The lowest BCUT2D eigenvalue weighted by molar-refractivity contribution is 0.0985. The summed E-state index contributed by atoms with van der Waals surface area (Å²) in [4.78, 5) is 19.5. The van der Waals surface area contributed by atoms with Gasteiger partial charge in [0.2, 0.25) is 0 Å². The summed E-state index contributed by atoms with van der Waals surface area (Å²) < 4.78 is 0.967. The predicted molar refractivity (Wildman–Crippen MR) is 103 cm³/mol. The molecule has 25 heavy (non-hydrogen) atoms. The van der Waals surface area contributed by atoms with Gasteiger partial charge in [0.25, 0.3) is 5.91 Å². The zero-order valence-electron chi connectivity index (χ0n) is 13.7. The van der Waals surface area contributed by atoms with E-state index in [9.17, 15) is 4.79 Å². The van der Waals surface area contributed by atoms with E-state index in [0.29, 0.717) is 12.1 Å². The van der Waals surface area contributed by atoms with Crippen molar-refractivity contribution in [3.63, 3.8) is 0 Å². The third kappa shape index (κ3) is 2.91. The van der Waals surface area contributed by atoms with Gasteiger partial charge in [0.05, 0.1) is 17.9 Å². The summed E-state index contributed by atoms with van der Waals surface area (Å²) in [6.07, 6.45) is 1.75. The molecular formula is C20H16BrN3O. The topological polar surface area (TPSA) is 45.2 Å². The Morgan fingerprint density at radius 3 is 2.84 bits per heavy atom. The van der Waals surface area contributed by atoms with E-state index in [2.05, 4.69) is 26.2 Å². The van der Waals surface area contributed by atoms with Crippen molar-refractivity contribution in [1.29, 1.82) is 0 Å². The number of halogens is 1. The number of fused-ring (bicyclic) bond motifs is 2. The summed E-state index contributed by atoms with van der Waals surface area (Å²) in [5.41, 5.74) is 4.36. The first-order chi connectivity index (χ1) is 12.1. The van der Waals surface area contributed by atoms with Crippen molar-refractivity contribution in [2.45, 2.75) is 13.5 Å². The van der Waals surface area contributed by atoms with Crippen LogP contribution in [0.25, 0.3) is 0 Å². The second-order valence-corrected chi connectivity index (χ2v) is 6.92. The van der Waals surface area contributed by atoms with Crippen LogP contribution in [0, 0.1) is 6.92 Å². The fourth-order valence-electron chi connectivity index (χ4n) is 3.07. The summed E-state index contributed by atoms with van der Waals surface area (Å²) in [6.45, 7) is 2.43. The summed E-state index contributed by atoms with van der Waals surface area (Å²) in [5.74, 6) is 0.772. The van der Waals surface area contributed by atoms with Gasteiger partial charge in [-0.3, -0.25) is 4.79 Å². The number of nitrogens with zero attached hydrogens (tertiary/aromatic N) is 2. The van der Waals surface area contributed by atoms with Crippen LogP contribution in [0.5, 0.6) is 0 Å². The van der Waals surface area contributed by atoms with Crippen molar-refractivity contribution in [2.75, 3.05) is 10.2 Å². The number of hydrogen-bond acceptors (Lipinski definition) is 3. The first-order valence-corrected chi connectivity index (χ1v) is 8.81. The Kier molecular flexibility index (Phi) is 4.01. The van der Waals surface area contributed by atoms with Crippen LogP contribution >= 0.6 is 15.9 Å². The summed E-state index contributed by atoms with van der Waals surface area (Å²) in [6, 6.07) is 17.4. The van der Waals surface area contributed by atoms with E-state index in [1.807, 2.05) is 66.4 Å². The molecule has 2 aromatic carbocycles. The lowest BCUT2D eigenvalue weighted by Crippen LogP contribution is -2.30. The van der Waals surface area contributed by atoms with Crippen LogP contribution in [0.15, 0.2) is 65.3 Å². The predicted octanol–water partition coefficient (Wildman–Crippen LogP) is 5.06. The Hall–Kier alpha value is -2.66. The van der Waals surface area contributed by atoms with Crippen LogP contribution < -0.4 is 10.2 Å². The molecule has 1 aromatic heterocycles. The molecule has 0 aliphatic carbocycles. The molecule has 0 fully saturated rings. The molecule has 1 amide bonds. The van der Waals surface area contributed by atoms with Crippen LogP contribution in [0.2, 0.25) is 0 Å². The molecule has 0 saturated carbocycles. The summed E-state index contributed by atoms with van der Waals surface area (Å²) in [7, 11) is 0. The second kappa shape index (κ2) is 6.33. The number of benzene rings is 2. The summed E-state index contributed by atoms with van der Waals surface area (Å²) in [5, 5.41) is 3.35. The number of pyridine rings is 1. The number of aryl methyl sites for hydroxylation is 1. The number of para-hydroxylation sites is 2. The molecule has 0 atom stereocenters. The van der Waals surface area contributed by atoms with Crippen molar-refractivity contribution in [3.05, 3.63) is 82.0 Å². The minimum atomic E-state index is -0.0176. The second-order valence-electron chi connectivity index (χ2n) is 6.00. The monoisotopic (exact) mass is 393 g/mol. The lowest BCUT2D eigenvalue weighted by atomic mass is 10.1. The molecule has 0 saturated heterocycles. The number of nitrogens with one attached hydrogen (secondary N) is 1. The SMILES string of the molecule is Cc1cc(Br)ccc1C(=O)N1Cc2cccnc2Nc2ccccc21. The van der Waals surface area contributed by atoms with Gasteiger partial charge in [-0.2, -0.15) is 0 Å². The quantitative estimate of drug-likeness (QED) is 0.628. The molecule has 2 heterocycles. The highest BCUT2D eigenvalue weighted by Crippen LogP contribution is 2.35. The van der Waals surface area contributed by atoms with E-state index >= 15 is 0 Å². The number of hydrogen-bond donors (Lipinski definition) is 1. The van der Waals surface area contributed by atoms with Gasteiger partial charge in [-0.25, -0.2) is 4.98 Å². The Morgan fingerprint density at radius 1 is 1.16 bits per heavy atom. The zero-order valence-corrected chi connectivity index (χ0v) is 15.2. The minimum Gasteiger partial charge on any atom is -0.338 e. The molecular weight excluding hydrogens is 378 g/mol. The van der Waals surface area contributed by atoms with E-state index < -0.39 is 0 Å². The Balaban J connectivity index is 1.84. The largest absolute Gasteiger partial charge is 0.338 e. The highest BCUT2D eigenvalue weighted by Gasteiger charge is 2.26. The molecule has 1 aliphatic rings. The van der Waals surface area contributed by atoms with Gasteiger partial charge >= 0.3 is 0 Å². The average molecular weight is 394 g/mol. The van der Waals surface area contributed by atoms with Crippen molar-refractivity contribution in [2.24, 2.45) is 0 Å². The van der Waals surface area contributed by atoms with Gasteiger partial charge < -0.3 is 10.2 Å².